The van der Waals surface area contributed by atoms with Crippen molar-refractivity contribution in [3.8, 4) is 0 Å². The number of hydrogen-bond acceptors (Lipinski definition) is 3. The number of ether oxygens (including phenoxy) is 2. The average Bonchev–Trinajstić information content (AvgIpc) is 3.09. The summed E-state index contributed by atoms with van der Waals surface area (Å²) in [6.07, 6.45) is 5.78. The molecule has 2 aliphatic heterocycles. The molecule has 1 aliphatic carbocycles. The van der Waals surface area contributed by atoms with Gasteiger partial charge in [0.1, 0.15) is 0 Å². The molecule has 0 radical (unpaired) electrons. The molecule has 2 saturated heterocycles. The zero-order chi connectivity index (χ0) is 13.2. The van der Waals surface area contributed by atoms with Crippen LogP contribution in [-0.2, 0) is 9.47 Å². The standard InChI is InChI=1S/C15H26O3/c1-13(2)11(17-13)6-7-14(3,16)10-5-8-15(4)12(9-10)18-15/h10-12,16H,5-9H2,1-4H3. The highest BCUT2D eigenvalue weighted by Crippen LogP contribution is 2.52. The third kappa shape index (κ3) is 2.21. The van der Waals surface area contributed by atoms with Crippen LogP contribution in [0.5, 0.6) is 0 Å². The number of aliphatic hydroxyl groups is 1. The van der Waals surface area contributed by atoms with Crippen LogP contribution in [0.4, 0.5) is 0 Å². The molecule has 0 aromatic heterocycles. The van der Waals surface area contributed by atoms with Gasteiger partial charge in [0.2, 0.25) is 0 Å². The molecule has 1 N–H and O–H groups in total. The molecule has 1 saturated carbocycles. The summed E-state index contributed by atoms with van der Waals surface area (Å²) in [7, 11) is 0. The molecule has 0 aromatic rings. The summed E-state index contributed by atoms with van der Waals surface area (Å²) in [5.74, 6) is 0.389. The van der Waals surface area contributed by atoms with Gasteiger partial charge in [-0.25, -0.2) is 0 Å². The van der Waals surface area contributed by atoms with E-state index in [1.54, 1.807) is 0 Å². The van der Waals surface area contributed by atoms with Crippen LogP contribution < -0.4 is 0 Å². The second kappa shape index (κ2) is 3.71. The van der Waals surface area contributed by atoms with Gasteiger partial charge >= 0.3 is 0 Å². The molecule has 2 heterocycles. The molecule has 3 nitrogen and oxygen atoms in total. The largest absolute Gasteiger partial charge is 0.390 e. The highest BCUT2D eigenvalue weighted by atomic mass is 16.6. The Morgan fingerprint density at radius 1 is 1.28 bits per heavy atom. The minimum absolute atomic E-state index is 0.0425. The predicted octanol–water partition coefficient (Wildman–Crippen LogP) is 2.65. The summed E-state index contributed by atoms with van der Waals surface area (Å²) in [5.41, 5.74) is -0.371. The zero-order valence-corrected chi connectivity index (χ0v) is 12.0. The first-order valence-corrected chi connectivity index (χ1v) is 7.31. The smallest absolute Gasteiger partial charge is 0.0920 e. The second-order valence-electron chi connectivity index (χ2n) is 7.50. The van der Waals surface area contributed by atoms with Crippen LogP contribution in [0.1, 0.15) is 59.8 Å². The van der Waals surface area contributed by atoms with Gasteiger partial charge in [-0.1, -0.05) is 0 Å². The Kier molecular flexibility index (Phi) is 2.66. The molecular weight excluding hydrogens is 228 g/mol. The molecule has 3 aliphatic rings. The molecule has 0 amide bonds. The summed E-state index contributed by atoms with van der Waals surface area (Å²) in [5, 5.41) is 10.7. The van der Waals surface area contributed by atoms with Crippen LogP contribution >= 0.6 is 0 Å². The lowest BCUT2D eigenvalue weighted by molar-refractivity contribution is -0.0253. The normalized spacial score (nSPS) is 48.2. The van der Waals surface area contributed by atoms with E-state index in [9.17, 15) is 5.11 Å². The molecule has 5 unspecified atom stereocenters. The number of epoxide rings is 2. The molecule has 18 heavy (non-hydrogen) atoms. The quantitative estimate of drug-likeness (QED) is 0.784. The van der Waals surface area contributed by atoms with Gasteiger partial charge in [0.05, 0.1) is 29.0 Å². The Morgan fingerprint density at radius 3 is 2.50 bits per heavy atom. The van der Waals surface area contributed by atoms with E-state index in [0.717, 1.165) is 32.1 Å². The fourth-order valence-electron chi connectivity index (χ4n) is 3.58. The van der Waals surface area contributed by atoms with E-state index < -0.39 is 5.60 Å². The Labute approximate surface area is 110 Å². The monoisotopic (exact) mass is 254 g/mol. The van der Waals surface area contributed by atoms with E-state index in [1.165, 1.54) is 0 Å². The lowest BCUT2D eigenvalue weighted by Crippen LogP contribution is -2.39. The highest BCUT2D eigenvalue weighted by Gasteiger charge is 2.57. The van der Waals surface area contributed by atoms with Gasteiger partial charge in [-0.2, -0.15) is 0 Å². The van der Waals surface area contributed by atoms with Gasteiger partial charge in [0.15, 0.2) is 0 Å². The summed E-state index contributed by atoms with van der Waals surface area (Å²) >= 11 is 0. The highest BCUT2D eigenvalue weighted by molar-refractivity contribution is 5.06. The third-order valence-corrected chi connectivity index (χ3v) is 5.48. The van der Waals surface area contributed by atoms with Gasteiger partial charge < -0.3 is 14.6 Å². The van der Waals surface area contributed by atoms with Crippen molar-refractivity contribution in [2.24, 2.45) is 5.92 Å². The fourth-order valence-corrected chi connectivity index (χ4v) is 3.58. The van der Waals surface area contributed by atoms with Crippen molar-refractivity contribution in [3.05, 3.63) is 0 Å². The summed E-state index contributed by atoms with van der Waals surface area (Å²) < 4.78 is 11.3. The van der Waals surface area contributed by atoms with Crippen LogP contribution in [0.2, 0.25) is 0 Å². The van der Waals surface area contributed by atoms with Gasteiger partial charge in [0, 0.05) is 0 Å². The number of fused-ring (bicyclic) bond motifs is 1. The predicted molar refractivity (Wildman–Crippen MR) is 69.4 cm³/mol. The van der Waals surface area contributed by atoms with Crippen LogP contribution in [0.15, 0.2) is 0 Å². The minimum Gasteiger partial charge on any atom is -0.390 e. The Balaban J connectivity index is 1.51. The van der Waals surface area contributed by atoms with E-state index in [2.05, 4.69) is 20.8 Å². The van der Waals surface area contributed by atoms with Gasteiger partial charge in [-0.15, -0.1) is 0 Å². The molecule has 5 atom stereocenters. The topological polar surface area (TPSA) is 45.3 Å². The molecule has 3 fully saturated rings. The maximum Gasteiger partial charge on any atom is 0.0920 e. The Bertz CT molecular complexity index is 350. The first-order chi connectivity index (χ1) is 8.23. The molecule has 3 rings (SSSR count). The van der Waals surface area contributed by atoms with Crippen molar-refractivity contribution in [1.29, 1.82) is 0 Å². The Hall–Kier alpha value is -0.120. The summed E-state index contributed by atoms with van der Waals surface area (Å²) in [6.45, 7) is 8.44. The number of hydrogen-bond donors (Lipinski definition) is 1. The average molecular weight is 254 g/mol. The van der Waals surface area contributed by atoms with Crippen molar-refractivity contribution < 1.29 is 14.6 Å². The molecule has 0 aromatic carbocycles. The molecule has 104 valence electrons. The summed E-state index contributed by atoms with van der Waals surface area (Å²) in [6, 6.07) is 0. The molecule has 0 bridgehead atoms. The van der Waals surface area contributed by atoms with E-state index in [-0.39, 0.29) is 11.2 Å². The van der Waals surface area contributed by atoms with Crippen LogP contribution in [0.25, 0.3) is 0 Å². The second-order valence-corrected chi connectivity index (χ2v) is 7.50. The van der Waals surface area contributed by atoms with Crippen molar-refractivity contribution >= 4 is 0 Å². The SMILES string of the molecule is CC(O)(CCC1OC1(C)C)C1CCC2(C)OC2C1. The van der Waals surface area contributed by atoms with Gasteiger partial charge in [-0.05, 0) is 65.7 Å². The summed E-state index contributed by atoms with van der Waals surface area (Å²) in [4.78, 5) is 0. The number of rotatable bonds is 4. The molecule has 3 heteroatoms. The third-order valence-electron chi connectivity index (χ3n) is 5.48. The van der Waals surface area contributed by atoms with Gasteiger partial charge in [-0.3, -0.25) is 0 Å². The van der Waals surface area contributed by atoms with E-state index in [4.69, 9.17) is 9.47 Å². The lowest BCUT2D eigenvalue weighted by Gasteiger charge is -2.35. The molecular formula is C15H26O3. The maximum absolute atomic E-state index is 10.7. The first-order valence-electron chi connectivity index (χ1n) is 7.31. The van der Waals surface area contributed by atoms with E-state index >= 15 is 0 Å². The van der Waals surface area contributed by atoms with Crippen LogP contribution in [0, 0.1) is 5.92 Å². The van der Waals surface area contributed by atoms with E-state index in [1.807, 2.05) is 6.92 Å². The van der Waals surface area contributed by atoms with Crippen molar-refractivity contribution in [3.63, 3.8) is 0 Å². The van der Waals surface area contributed by atoms with Crippen LogP contribution in [0.3, 0.4) is 0 Å². The fraction of sp³-hybridized carbons (Fsp3) is 1.00. The zero-order valence-electron chi connectivity index (χ0n) is 12.0. The van der Waals surface area contributed by atoms with Crippen LogP contribution in [-0.4, -0.2) is 34.1 Å². The molecule has 0 spiro atoms. The Morgan fingerprint density at radius 2 is 1.94 bits per heavy atom. The lowest BCUT2D eigenvalue weighted by atomic mass is 9.73. The maximum atomic E-state index is 10.7. The van der Waals surface area contributed by atoms with Crippen molar-refractivity contribution in [2.75, 3.05) is 0 Å². The van der Waals surface area contributed by atoms with Gasteiger partial charge in [0.25, 0.3) is 0 Å². The van der Waals surface area contributed by atoms with Crippen molar-refractivity contribution in [2.45, 2.75) is 88.8 Å². The first kappa shape index (κ1) is 12.9. The van der Waals surface area contributed by atoms with E-state index in [0.29, 0.717) is 18.1 Å². The van der Waals surface area contributed by atoms with Crippen molar-refractivity contribution in [1.82, 2.24) is 0 Å². The minimum atomic E-state index is -0.560.